The Bertz CT molecular complexity index is 822. The van der Waals surface area contributed by atoms with Crippen LogP contribution in [0, 0.1) is 17.0 Å². The highest BCUT2D eigenvalue weighted by atomic mass is 16.6. The molecule has 0 atom stereocenters. The molecule has 0 fully saturated rings. The molecule has 2 aromatic rings. The van der Waals surface area contributed by atoms with Gasteiger partial charge >= 0.3 is 11.9 Å². The summed E-state index contributed by atoms with van der Waals surface area (Å²) in [4.78, 5) is 34.9. The summed E-state index contributed by atoms with van der Waals surface area (Å²) in [6.45, 7) is 1.99. The van der Waals surface area contributed by atoms with Gasteiger partial charge in [-0.2, -0.15) is 0 Å². The van der Waals surface area contributed by atoms with Crippen LogP contribution in [0.3, 0.4) is 0 Å². The first kappa shape index (κ1) is 18.9. The Balaban J connectivity index is 1.79. The normalized spacial score (nSPS) is 10.7. The average Bonchev–Trinajstić information content (AvgIpc) is 3.09. The Morgan fingerprint density at radius 1 is 1.23 bits per heavy atom. The summed E-state index contributed by atoms with van der Waals surface area (Å²) in [5, 5.41) is 10.5. The Kier molecular flexibility index (Phi) is 6.26. The van der Waals surface area contributed by atoms with Gasteiger partial charge in [0, 0.05) is 19.7 Å². The molecule has 136 valence electrons. The summed E-state index contributed by atoms with van der Waals surface area (Å²) < 4.78 is 9.73. The lowest BCUT2D eigenvalue weighted by Crippen LogP contribution is -2.30. The first-order chi connectivity index (χ1) is 12.3. The van der Waals surface area contributed by atoms with E-state index in [4.69, 9.17) is 9.15 Å². The second-order valence-electron chi connectivity index (χ2n) is 5.61. The maximum atomic E-state index is 12.0. The van der Waals surface area contributed by atoms with E-state index in [-0.39, 0.29) is 11.7 Å². The zero-order valence-corrected chi connectivity index (χ0v) is 14.4. The molecule has 0 radical (unpaired) electrons. The fourth-order valence-electron chi connectivity index (χ4n) is 2.03. The zero-order valence-electron chi connectivity index (χ0n) is 14.4. The largest absolute Gasteiger partial charge is 0.452 e. The van der Waals surface area contributed by atoms with Crippen LogP contribution >= 0.6 is 0 Å². The highest BCUT2D eigenvalue weighted by molar-refractivity contribution is 5.88. The molecule has 0 saturated carbocycles. The highest BCUT2D eigenvalue weighted by Gasteiger charge is 2.12. The molecule has 1 amide bonds. The molecular formula is C18H18N2O6. The van der Waals surface area contributed by atoms with Crippen molar-refractivity contribution in [1.82, 2.24) is 4.90 Å². The molecular weight excluding hydrogens is 340 g/mol. The lowest BCUT2D eigenvalue weighted by molar-refractivity contribution is -0.402. The van der Waals surface area contributed by atoms with Crippen LogP contribution < -0.4 is 0 Å². The van der Waals surface area contributed by atoms with Crippen molar-refractivity contribution < 1.29 is 23.7 Å². The number of furan rings is 1. The zero-order chi connectivity index (χ0) is 19.1. The van der Waals surface area contributed by atoms with E-state index in [0.717, 1.165) is 17.2 Å². The summed E-state index contributed by atoms with van der Waals surface area (Å²) in [7, 11) is 1.62. The van der Waals surface area contributed by atoms with Crippen LogP contribution in [0.15, 0.2) is 46.9 Å². The van der Waals surface area contributed by atoms with E-state index in [2.05, 4.69) is 0 Å². The maximum Gasteiger partial charge on any atom is 0.433 e. The minimum Gasteiger partial charge on any atom is -0.452 e. The Labute approximate surface area is 149 Å². The van der Waals surface area contributed by atoms with Gasteiger partial charge in [-0.05, 0) is 24.6 Å². The molecule has 0 N–H and O–H groups in total. The summed E-state index contributed by atoms with van der Waals surface area (Å²) in [5.74, 6) is -1.38. The fourth-order valence-corrected chi connectivity index (χ4v) is 2.03. The predicted molar refractivity (Wildman–Crippen MR) is 93.0 cm³/mol. The number of likely N-dealkylation sites (N-methyl/N-ethyl adjacent to an activating group) is 1. The first-order valence-electron chi connectivity index (χ1n) is 7.73. The number of hydrogen-bond acceptors (Lipinski definition) is 6. The Hall–Kier alpha value is -3.42. The number of carbonyl (C=O) groups is 2. The van der Waals surface area contributed by atoms with Crippen LogP contribution in [0.2, 0.25) is 0 Å². The van der Waals surface area contributed by atoms with E-state index >= 15 is 0 Å². The molecule has 2 rings (SSSR count). The third kappa shape index (κ3) is 5.59. The van der Waals surface area contributed by atoms with Gasteiger partial charge in [0.1, 0.15) is 10.7 Å². The van der Waals surface area contributed by atoms with Crippen LogP contribution in [0.25, 0.3) is 6.08 Å². The number of benzene rings is 1. The average molecular weight is 358 g/mol. The number of aryl methyl sites for hydroxylation is 1. The summed E-state index contributed by atoms with van der Waals surface area (Å²) >= 11 is 0. The van der Waals surface area contributed by atoms with Crippen molar-refractivity contribution in [3.05, 3.63) is 69.5 Å². The van der Waals surface area contributed by atoms with Gasteiger partial charge < -0.3 is 14.1 Å². The van der Waals surface area contributed by atoms with Gasteiger partial charge in [-0.15, -0.1) is 0 Å². The summed E-state index contributed by atoms with van der Waals surface area (Å²) in [6.07, 6.45) is 2.27. The van der Waals surface area contributed by atoms with E-state index < -0.39 is 23.4 Å². The SMILES string of the molecule is Cc1ccc(CN(C)C(=O)COC(=O)/C=C/c2ccc([N+](=O)[O-])o2)cc1. The predicted octanol–water partition coefficient (Wildman–Crippen LogP) is 2.71. The number of ether oxygens (including phenoxy) is 1. The number of carbonyl (C=O) groups excluding carboxylic acids is 2. The summed E-state index contributed by atoms with van der Waals surface area (Å²) in [6, 6.07) is 10.3. The van der Waals surface area contributed by atoms with E-state index in [9.17, 15) is 19.7 Å². The van der Waals surface area contributed by atoms with Crippen LogP contribution in [-0.2, 0) is 20.9 Å². The Morgan fingerprint density at radius 2 is 1.92 bits per heavy atom. The lowest BCUT2D eigenvalue weighted by atomic mass is 10.1. The number of esters is 1. The maximum absolute atomic E-state index is 12.0. The van der Waals surface area contributed by atoms with Crippen LogP contribution in [0.4, 0.5) is 5.88 Å². The standard InChI is InChI=1S/C18H18N2O6/c1-13-3-5-14(6-4-13)11-19(2)16(21)12-25-18(22)10-8-15-7-9-17(26-15)20(23)24/h3-10H,11-12H2,1-2H3/b10-8+. The molecule has 1 aromatic carbocycles. The molecule has 1 aromatic heterocycles. The molecule has 0 aliphatic heterocycles. The van der Waals surface area contributed by atoms with Crippen molar-refractivity contribution in [2.24, 2.45) is 0 Å². The number of amides is 1. The molecule has 0 saturated heterocycles. The van der Waals surface area contributed by atoms with Crippen LogP contribution in [0.5, 0.6) is 0 Å². The van der Waals surface area contributed by atoms with Gasteiger partial charge in [0.25, 0.3) is 5.91 Å². The van der Waals surface area contributed by atoms with Crippen molar-refractivity contribution in [3.63, 3.8) is 0 Å². The third-order valence-corrected chi connectivity index (χ3v) is 3.48. The van der Waals surface area contributed by atoms with Crippen molar-refractivity contribution >= 4 is 23.8 Å². The molecule has 0 aliphatic rings. The molecule has 1 heterocycles. The molecule has 26 heavy (non-hydrogen) atoms. The third-order valence-electron chi connectivity index (χ3n) is 3.48. The topological polar surface area (TPSA) is 103 Å². The Morgan fingerprint density at radius 3 is 2.54 bits per heavy atom. The van der Waals surface area contributed by atoms with Crippen molar-refractivity contribution in [2.45, 2.75) is 13.5 Å². The van der Waals surface area contributed by atoms with Gasteiger partial charge in [-0.25, -0.2) is 4.79 Å². The fraction of sp³-hybridized carbons (Fsp3) is 0.222. The van der Waals surface area contributed by atoms with Gasteiger partial charge in [-0.1, -0.05) is 29.8 Å². The molecule has 8 heteroatoms. The minimum absolute atomic E-state index is 0.136. The number of hydrogen-bond donors (Lipinski definition) is 0. The summed E-state index contributed by atoms with van der Waals surface area (Å²) in [5.41, 5.74) is 2.10. The van der Waals surface area contributed by atoms with E-state index in [1.54, 1.807) is 7.05 Å². The van der Waals surface area contributed by atoms with Gasteiger partial charge in [0.2, 0.25) is 0 Å². The van der Waals surface area contributed by atoms with E-state index in [1.807, 2.05) is 31.2 Å². The molecule has 0 unspecified atom stereocenters. The van der Waals surface area contributed by atoms with E-state index in [0.29, 0.717) is 6.54 Å². The van der Waals surface area contributed by atoms with Gasteiger partial charge in [0.15, 0.2) is 6.61 Å². The van der Waals surface area contributed by atoms with E-state index in [1.165, 1.54) is 23.1 Å². The quantitative estimate of drug-likeness (QED) is 0.326. The monoisotopic (exact) mass is 358 g/mol. The van der Waals surface area contributed by atoms with Gasteiger partial charge in [-0.3, -0.25) is 14.9 Å². The highest BCUT2D eigenvalue weighted by Crippen LogP contribution is 2.16. The van der Waals surface area contributed by atoms with Crippen LogP contribution in [-0.4, -0.2) is 35.4 Å². The van der Waals surface area contributed by atoms with Crippen molar-refractivity contribution in [3.8, 4) is 0 Å². The first-order valence-corrected chi connectivity index (χ1v) is 7.73. The second-order valence-corrected chi connectivity index (χ2v) is 5.61. The lowest BCUT2D eigenvalue weighted by Gasteiger charge is -2.17. The molecule has 8 nitrogen and oxygen atoms in total. The smallest absolute Gasteiger partial charge is 0.433 e. The number of rotatable bonds is 7. The van der Waals surface area contributed by atoms with Crippen molar-refractivity contribution in [1.29, 1.82) is 0 Å². The molecule has 0 spiro atoms. The van der Waals surface area contributed by atoms with Crippen molar-refractivity contribution in [2.75, 3.05) is 13.7 Å². The molecule has 0 bridgehead atoms. The number of nitrogens with zero attached hydrogens (tertiary/aromatic N) is 2. The second kappa shape index (κ2) is 8.61. The minimum atomic E-state index is -0.749. The number of nitro groups is 1. The van der Waals surface area contributed by atoms with Gasteiger partial charge in [0.05, 0.1) is 6.07 Å². The molecule has 0 aliphatic carbocycles. The van der Waals surface area contributed by atoms with Crippen LogP contribution in [0.1, 0.15) is 16.9 Å².